The summed E-state index contributed by atoms with van der Waals surface area (Å²) in [5.74, 6) is -0.657. The first-order valence-electron chi connectivity index (χ1n) is 11.6. The number of carbonyl (C=O) groups is 2. The van der Waals surface area contributed by atoms with Crippen molar-refractivity contribution >= 4 is 29.7 Å². The monoisotopic (exact) mass is 468 g/mol. The van der Waals surface area contributed by atoms with E-state index in [1.54, 1.807) is 30.3 Å². The van der Waals surface area contributed by atoms with Crippen molar-refractivity contribution in [2.45, 2.75) is 33.1 Å². The van der Waals surface area contributed by atoms with Gasteiger partial charge in [-0.2, -0.15) is 0 Å². The molecule has 0 saturated carbocycles. The molecule has 0 aliphatic carbocycles. The van der Waals surface area contributed by atoms with E-state index < -0.39 is 5.92 Å². The smallest absolute Gasteiger partial charge is 0.315 e. The number of nitrogens with two attached hydrogens (primary N) is 1. The lowest BCUT2D eigenvalue weighted by Crippen LogP contribution is -2.27. The summed E-state index contributed by atoms with van der Waals surface area (Å²) in [4.78, 5) is 25.4. The first-order chi connectivity index (χ1) is 16.8. The van der Waals surface area contributed by atoms with E-state index in [0.29, 0.717) is 11.4 Å². The molecule has 1 unspecified atom stereocenters. The summed E-state index contributed by atoms with van der Waals surface area (Å²) in [5.41, 5.74) is 12.5. The Morgan fingerprint density at radius 2 is 1.69 bits per heavy atom. The molecule has 3 N–H and O–H groups in total. The van der Waals surface area contributed by atoms with Gasteiger partial charge in [0.15, 0.2) is 0 Å². The molecule has 1 amide bonds. The minimum atomic E-state index is -0.542. The first-order valence-corrected chi connectivity index (χ1v) is 11.6. The van der Waals surface area contributed by atoms with Gasteiger partial charge in [0, 0.05) is 12.2 Å². The van der Waals surface area contributed by atoms with E-state index in [9.17, 15) is 9.59 Å². The summed E-state index contributed by atoms with van der Waals surface area (Å²) >= 11 is 0. The van der Waals surface area contributed by atoms with Crippen molar-refractivity contribution in [3.05, 3.63) is 107 Å². The largest absolute Gasteiger partial charge is 0.426 e. The molecule has 3 aromatic rings. The maximum absolute atomic E-state index is 13.0. The maximum atomic E-state index is 13.0. The molecule has 5 heteroatoms. The minimum absolute atomic E-state index is 0.143. The summed E-state index contributed by atoms with van der Waals surface area (Å²) in [7, 11) is 0. The highest BCUT2D eigenvalue weighted by Crippen LogP contribution is 2.23. The minimum Gasteiger partial charge on any atom is -0.426 e. The Hall–Kier alpha value is -3.96. The van der Waals surface area contributed by atoms with Crippen molar-refractivity contribution in [3.8, 4) is 5.75 Å². The highest BCUT2D eigenvalue weighted by Gasteiger charge is 2.20. The van der Waals surface area contributed by atoms with Gasteiger partial charge in [0.05, 0.1) is 12.3 Å². The molecule has 5 nitrogen and oxygen atoms in total. The van der Waals surface area contributed by atoms with Crippen molar-refractivity contribution in [2.24, 2.45) is 5.73 Å². The number of nitrogens with one attached hydrogen (secondary N) is 1. The number of rotatable bonds is 9. The van der Waals surface area contributed by atoms with E-state index in [1.165, 1.54) is 0 Å². The third-order valence-corrected chi connectivity index (χ3v) is 5.62. The van der Waals surface area contributed by atoms with Gasteiger partial charge in [0.25, 0.3) is 0 Å². The fourth-order valence-corrected chi connectivity index (χ4v) is 4.06. The zero-order valence-electron chi connectivity index (χ0n) is 20.5. The number of carbonyl (C=O) groups excluding carboxylic acids is 2. The number of ether oxygens (including phenoxy) is 1. The fraction of sp³-hybridized carbons (Fsp3) is 0.200. The predicted octanol–water partition coefficient (Wildman–Crippen LogP) is 5.81. The second-order valence-corrected chi connectivity index (χ2v) is 8.54. The van der Waals surface area contributed by atoms with E-state index in [0.717, 1.165) is 33.4 Å². The van der Waals surface area contributed by atoms with Crippen LogP contribution >= 0.6 is 0 Å². The molecular formula is C30H32N2O3. The van der Waals surface area contributed by atoms with Gasteiger partial charge in [-0.25, -0.2) is 0 Å². The maximum Gasteiger partial charge on any atom is 0.315 e. The Morgan fingerprint density at radius 3 is 2.29 bits per heavy atom. The second-order valence-electron chi connectivity index (χ2n) is 8.54. The molecule has 3 aromatic carbocycles. The first kappa shape index (κ1) is 25.7. The Morgan fingerprint density at radius 1 is 1.00 bits per heavy atom. The van der Waals surface area contributed by atoms with Crippen LogP contribution in [-0.2, 0) is 16.0 Å². The third-order valence-electron chi connectivity index (χ3n) is 5.62. The van der Waals surface area contributed by atoms with Gasteiger partial charge < -0.3 is 15.8 Å². The van der Waals surface area contributed by atoms with Crippen LogP contribution in [0, 0.1) is 13.8 Å². The number of benzene rings is 3. The zero-order valence-corrected chi connectivity index (χ0v) is 20.5. The van der Waals surface area contributed by atoms with E-state index >= 15 is 0 Å². The van der Waals surface area contributed by atoms with Crippen molar-refractivity contribution in [1.82, 2.24) is 0 Å². The quantitative estimate of drug-likeness (QED) is 0.307. The number of allylic oxidation sites excluding steroid dienone is 1. The third kappa shape index (κ3) is 7.01. The summed E-state index contributed by atoms with van der Waals surface area (Å²) in [6, 6.07) is 18.6. The number of hydrogen-bond donors (Lipinski definition) is 2. The van der Waals surface area contributed by atoms with Crippen LogP contribution in [0.5, 0.6) is 5.75 Å². The molecule has 0 saturated heterocycles. The fourth-order valence-electron chi connectivity index (χ4n) is 4.06. The van der Waals surface area contributed by atoms with E-state index in [4.69, 9.17) is 10.5 Å². The molecule has 3 rings (SSSR count). The average molecular weight is 469 g/mol. The molecule has 180 valence electrons. The van der Waals surface area contributed by atoms with Crippen molar-refractivity contribution in [1.29, 1.82) is 0 Å². The van der Waals surface area contributed by atoms with Gasteiger partial charge in [-0.15, -0.1) is 0 Å². The molecule has 0 spiro atoms. The summed E-state index contributed by atoms with van der Waals surface area (Å²) in [5, 5.41) is 2.95. The number of esters is 1. The van der Waals surface area contributed by atoms with Crippen LogP contribution in [0.25, 0.3) is 12.2 Å². The zero-order chi connectivity index (χ0) is 25.4. The molecule has 0 heterocycles. The Labute approximate surface area is 207 Å². The van der Waals surface area contributed by atoms with Crippen molar-refractivity contribution in [3.63, 3.8) is 0 Å². The molecule has 0 fully saturated rings. The van der Waals surface area contributed by atoms with Gasteiger partial charge >= 0.3 is 5.97 Å². The molecule has 35 heavy (non-hydrogen) atoms. The van der Waals surface area contributed by atoms with E-state index in [1.807, 2.05) is 63.3 Å². The van der Waals surface area contributed by atoms with Crippen molar-refractivity contribution in [2.75, 3.05) is 11.9 Å². The molecule has 0 radical (unpaired) electrons. The van der Waals surface area contributed by atoms with Gasteiger partial charge in [-0.3, -0.25) is 9.59 Å². The lowest BCUT2D eigenvalue weighted by molar-refractivity contribution is -0.133. The van der Waals surface area contributed by atoms with Gasteiger partial charge in [0.2, 0.25) is 5.91 Å². The van der Waals surface area contributed by atoms with Crippen LogP contribution in [0.4, 0.5) is 5.69 Å². The number of anilines is 1. The van der Waals surface area contributed by atoms with Gasteiger partial charge in [0.1, 0.15) is 5.75 Å². The standard InChI is InChI=1S/C30H32N2O3/c1-5-7-25-18-26(11-8-23(25)6-2)32-30(34)28(19-31)24-9-12-27(13-10-24)35-29(33)17-22-15-20(3)14-21(4)16-22/h5-16,18,28H,2,17,19,31H2,1,3-4H3,(H,32,34)/b7-5-. The topological polar surface area (TPSA) is 81.4 Å². The molecule has 0 bridgehead atoms. The van der Waals surface area contributed by atoms with Crippen molar-refractivity contribution < 1.29 is 14.3 Å². The Balaban J connectivity index is 1.66. The lowest BCUT2D eigenvalue weighted by atomic mass is 9.98. The molecule has 0 aliphatic heterocycles. The van der Waals surface area contributed by atoms with Crippen LogP contribution in [0.1, 0.15) is 46.2 Å². The summed E-state index contributed by atoms with van der Waals surface area (Å²) in [6.45, 7) is 9.91. The molecule has 0 aliphatic rings. The van der Waals surface area contributed by atoms with Gasteiger partial charge in [-0.1, -0.05) is 72.3 Å². The second kappa shape index (κ2) is 12.0. The van der Waals surface area contributed by atoms with Crippen LogP contribution in [0.3, 0.4) is 0 Å². The summed E-state index contributed by atoms with van der Waals surface area (Å²) < 4.78 is 5.50. The Kier molecular flexibility index (Phi) is 8.76. The average Bonchev–Trinajstić information content (AvgIpc) is 2.80. The normalized spacial score (nSPS) is 11.8. The van der Waals surface area contributed by atoms with Crippen LogP contribution in [0.2, 0.25) is 0 Å². The van der Waals surface area contributed by atoms with Crippen LogP contribution in [0.15, 0.2) is 73.3 Å². The highest BCUT2D eigenvalue weighted by molar-refractivity contribution is 5.96. The van der Waals surface area contributed by atoms with Gasteiger partial charge in [-0.05, 0) is 67.3 Å². The predicted molar refractivity (Wildman–Crippen MR) is 143 cm³/mol. The molecular weight excluding hydrogens is 436 g/mol. The molecule has 1 atom stereocenters. The summed E-state index contributed by atoms with van der Waals surface area (Å²) in [6.07, 6.45) is 5.87. The Bertz CT molecular complexity index is 1220. The molecule has 0 aromatic heterocycles. The number of hydrogen-bond acceptors (Lipinski definition) is 4. The van der Waals surface area contributed by atoms with Crippen LogP contribution < -0.4 is 15.8 Å². The highest BCUT2D eigenvalue weighted by atomic mass is 16.5. The van der Waals surface area contributed by atoms with Crippen LogP contribution in [-0.4, -0.2) is 18.4 Å². The number of aryl methyl sites for hydroxylation is 2. The lowest BCUT2D eigenvalue weighted by Gasteiger charge is -2.16. The van der Waals surface area contributed by atoms with E-state index in [-0.39, 0.29) is 24.8 Å². The van der Waals surface area contributed by atoms with E-state index in [2.05, 4.69) is 18.0 Å². The SMILES string of the molecule is C=Cc1ccc(NC(=O)C(CN)c2ccc(OC(=O)Cc3cc(C)cc(C)c3)cc2)cc1/C=C\C. The number of amides is 1.